The van der Waals surface area contributed by atoms with Gasteiger partial charge in [-0.3, -0.25) is 0 Å². The molecule has 7 nitrogen and oxygen atoms in total. The normalized spacial score (nSPS) is 11.0. The Morgan fingerprint density at radius 1 is 1.21 bits per heavy atom. The second-order valence-corrected chi connectivity index (χ2v) is 6.61. The monoisotopic (exact) mass is 392 g/mol. The molecule has 2 heterocycles. The first-order chi connectivity index (χ1) is 13.9. The zero-order valence-electron chi connectivity index (χ0n) is 15.4. The van der Waals surface area contributed by atoms with Gasteiger partial charge in [-0.1, -0.05) is 12.1 Å². The molecule has 0 spiro atoms. The number of amides is 1. The van der Waals surface area contributed by atoms with Crippen molar-refractivity contribution in [2.24, 2.45) is 0 Å². The number of fused-ring (bicyclic) bond motifs is 1. The zero-order valence-corrected chi connectivity index (χ0v) is 15.4. The topological polar surface area (TPSA) is 100 Å². The number of nitrogens with zero attached hydrogens (tertiary/aromatic N) is 3. The standard InChI is InChI=1S/C21H17FN4O3/c1-12-5-6-14-16(9-12)24-19(18-15(22)3-2-4-17(18)27)25-20(14)26-8-7-13(11-26)10-23-21(28)29/h2-9,11,23,27H,10H2,1H3,(H,28,29). The Hall–Kier alpha value is -3.94. The maximum atomic E-state index is 14.4. The predicted octanol–water partition coefficient (Wildman–Crippen LogP) is 4.01. The summed E-state index contributed by atoms with van der Waals surface area (Å²) in [5.74, 6) is -0.314. The maximum absolute atomic E-state index is 14.4. The highest BCUT2D eigenvalue weighted by atomic mass is 19.1. The second kappa shape index (κ2) is 7.23. The molecule has 146 valence electrons. The van der Waals surface area contributed by atoms with Gasteiger partial charge >= 0.3 is 6.09 Å². The lowest BCUT2D eigenvalue weighted by Gasteiger charge is -2.12. The summed E-state index contributed by atoms with van der Waals surface area (Å²) in [5, 5.41) is 22.0. The SMILES string of the molecule is Cc1ccc2c(-n3ccc(CNC(=O)O)c3)nc(-c3c(O)cccc3F)nc2c1. The molecule has 3 N–H and O–H groups in total. The van der Waals surface area contributed by atoms with Gasteiger partial charge in [-0.25, -0.2) is 19.2 Å². The summed E-state index contributed by atoms with van der Waals surface area (Å²) in [6, 6.07) is 11.5. The van der Waals surface area contributed by atoms with E-state index in [1.54, 1.807) is 23.0 Å². The van der Waals surface area contributed by atoms with Gasteiger partial charge in [-0.05, 0) is 48.4 Å². The first-order valence-corrected chi connectivity index (χ1v) is 8.82. The molecule has 0 radical (unpaired) electrons. The molecule has 0 unspecified atom stereocenters. The van der Waals surface area contributed by atoms with Crippen LogP contribution in [-0.2, 0) is 6.54 Å². The van der Waals surface area contributed by atoms with Crippen LogP contribution in [0, 0.1) is 12.7 Å². The number of rotatable bonds is 4. The Bertz CT molecular complexity index is 1220. The molecule has 0 aliphatic carbocycles. The van der Waals surface area contributed by atoms with Crippen LogP contribution in [-0.4, -0.2) is 30.8 Å². The third-order valence-corrected chi connectivity index (χ3v) is 4.49. The van der Waals surface area contributed by atoms with E-state index in [0.29, 0.717) is 11.3 Å². The van der Waals surface area contributed by atoms with E-state index in [2.05, 4.69) is 15.3 Å². The van der Waals surface area contributed by atoms with E-state index in [0.717, 1.165) is 16.5 Å². The molecule has 0 aliphatic rings. The van der Waals surface area contributed by atoms with E-state index < -0.39 is 11.9 Å². The first kappa shape index (κ1) is 18.4. The van der Waals surface area contributed by atoms with Crippen LogP contribution in [0.1, 0.15) is 11.1 Å². The molecular weight excluding hydrogens is 375 g/mol. The summed E-state index contributed by atoms with van der Waals surface area (Å²) in [5.41, 5.74) is 2.25. The van der Waals surface area contributed by atoms with Crippen LogP contribution >= 0.6 is 0 Å². The van der Waals surface area contributed by atoms with Crippen molar-refractivity contribution < 1.29 is 19.4 Å². The average molecular weight is 392 g/mol. The van der Waals surface area contributed by atoms with Gasteiger partial charge in [-0.2, -0.15) is 0 Å². The summed E-state index contributed by atoms with van der Waals surface area (Å²) in [7, 11) is 0. The molecule has 2 aromatic carbocycles. The highest BCUT2D eigenvalue weighted by molar-refractivity contribution is 5.88. The summed E-state index contributed by atoms with van der Waals surface area (Å²) < 4.78 is 16.1. The smallest absolute Gasteiger partial charge is 0.404 e. The molecule has 4 rings (SSSR count). The molecule has 0 fully saturated rings. The van der Waals surface area contributed by atoms with Crippen LogP contribution in [0.4, 0.5) is 9.18 Å². The van der Waals surface area contributed by atoms with Gasteiger partial charge in [0.15, 0.2) is 5.82 Å². The van der Waals surface area contributed by atoms with E-state index in [9.17, 15) is 14.3 Å². The number of hydrogen-bond acceptors (Lipinski definition) is 4. The lowest BCUT2D eigenvalue weighted by atomic mass is 10.1. The van der Waals surface area contributed by atoms with Crippen LogP contribution in [0.5, 0.6) is 5.75 Å². The summed E-state index contributed by atoms with van der Waals surface area (Å²) >= 11 is 0. The van der Waals surface area contributed by atoms with Crippen molar-refractivity contribution >= 4 is 17.0 Å². The molecule has 0 bridgehead atoms. The zero-order chi connectivity index (χ0) is 20.5. The quantitative estimate of drug-likeness (QED) is 0.487. The molecule has 8 heteroatoms. The molecule has 0 atom stereocenters. The molecular formula is C21H17FN4O3. The summed E-state index contributed by atoms with van der Waals surface area (Å²) in [6.07, 6.45) is 2.37. The fourth-order valence-electron chi connectivity index (χ4n) is 3.12. The van der Waals surface area contributed by atoms with Gasteiger partial charge in [-0.15, -0.1) is 0 Å². The molecule has 0 saturated heterocycles. The number of aromatic nitrogens is 3. The molecule has 29 heavy (non-hydrogen) atoms. The van der Waals surface area contributed by atoms with Crippen molar-refractivity contribution in [3.63, 3.8) is 0 Å². The molecule has 0 saturated carbocycles. The number of carboxylic acid groups (broad SMARTS) is 1. The third-order valence-electron chi connectivity index (χ3n) is 4.49. The second-order valence-electron chi connectivity index (χ2n) is 6.61. The van der Waals surface area contributed by atoms with Crippen molar-refractivity contribution in [1.29, 1.82) is 0 Å². The minimum Gasteiger partial charge on any atom is -0.507 e. The Morgan fingerprint density at radius 2 is 2.03 bits per heavy atom. The van der Waals surface area contributed by atoms with Crippen LogP contribution < -0.4 is 5.32 Å². The predicted molar refractivity (Wildman–Crippen MR) is 106 cm³/mol. The highest BCUT2D eigenvalue weighted by Crippen LogP contribution is 2.32. The minimum absolute atomic E-state index is 0.0626. The number of aryl methyl sites for hydroxylation is 1. The van der Waals surface area contributed by atoms with Crippen LogP contribution in [0.2, 0.25) is 0 Å². The van der Waals surface area contributed by atoms with E-state index in [1.165, 1.54) is 18.2 Å². The van der Waals surface area contributed by atoms with Crippen molar-refractivity contribution in [2.75, 3.05) is 0 Å². The van der Waals surface area contributed by atoms with Crippen molar-refractivity contribution in [2.45, 2.75) is 13.5 Å². The van der Waals surface area contributed by atoms with Crippen LogP contribution in [0.25, 0.3) is 28.1 Å². The van der Waals surface area contributed by atoms with Crippen LogP contribution in [0.15, 0.2) is 54.9 Å². The van der Waals surface area contributed by atoms with Gasteiger partial charge in [0.05, 0.1) is 11.1 Å². The first-order valence-electron chi connectivity index (χ1n) is 8.82. The highest BCUT2D eigenvalue weighted by Gasteiger charge is 2.17. The number of phenols is 1. The van der Waals surface area contributed by atoms with Crippen molar-refractivity contribution in [3.8, 4) is 23.0 Å². The average Bonchev–Trinajstić information content (AvgIpc) is 3.14. The number of aromatic hydroxyl groups is 1. The van der Waals surface area contributed by atoms with Crippen LogP contribution in [0.3, 0.4) is 0 Å². The van der Waals surface area contributed by atoms with Gasteiger partial charge in [0.1, 0.15) is 17.4 Å². The van der Waals surface area contributed by atoms with E-state index in [4.69, 9.17) is 5.11 Å². The fourth-order valence-corrected chi connectivity index (χ4v) is 3.12. The van der Waals surface area contributed by atoms with Gasteiger partial charge < -0.3 is 20.1 Å². The Labute approximate surface area is 165 Å². The summed E-state index contributed by atoms with van der Waals surface area (Å²) in [6.45, 7) is 2.07. The Morgan fingerprint density at radius 3 is 2.79 bits per heavy atom. The minimum atomic E-state index is -1.11. The lowest BCUT2D eigenvalue weighted by molar-refractivity contribution is 0.194. The van der Waals surface area contributed by atoms with Crippen molar-refractivity contribution in [3.05, 3.63) is 71.8 Å². The number of hydrogen-bond donors (Lipinski definition) is 3. The summed E-state index contributed by atoms with van der Waals surface area (Å²) in [4.78, 5) is 19.7. The maximum Gasteiger partial charge on any atom is 0.404 e. The third kappa shape index (κ3) is 3.60. The van der Waals surface area contributed by atoms with Gasteiger partial charge in [0.25, 0.3) is 0 Å². The number of halogens is 1. The Kier molecular flexibility index (Phi) is 4.59. The van der Waals surface area contributed by atoms with E-state index in [-0.39, 0.29) is 23.7 Å². The van der Waals surface area contributed by atoms with E-state index in [1.807, 2.05) is 25.1 Å². The lowest BCUT2D eigenvalue weighted by Crippen LogP contribution is -2.19. The number of nitrogens with one attached hydrogen (secondary N) is 1. The fraction of sp³-hybridized carbons (Fsp3) is 0.0952. The largest absolute Gasteiger partial charge is 0.507 e. The number of carbonyl (C=O) groups is 1. The molecule has 1 amide bonds. The molecule has 0 aliphatic heterocycles. The molecule has 2 aromatic heterocycles. The number of benzene rings is 2. The van der Waals surface area contributed by atoms with Crippen molar-refractivity contribution in [1.82, 2.24) is 19.9 Å². The Balaban J connectivity index is 1.90. The molecule has 4 aromatic rings. The van der Waals surface area contributed by atoms with Gasteiger partial charge in [0, 0.05) is 24.3 Å². The van der Waals surface area contributed by atoms with Gasteiger partial charge in [0.2, 0.25) is 0 Å². The van der Waals surface area contributed by atoms with E-state index >= 15 is 0 Å². The number of phenolic OH excluding ortho intramolecular Hbond substituents is 1.